The van der Waals surface area contributed by atoms with E-state index in [0.717, 1.165) is 113 Å². The van der Waals surface area contributed by atoms with E-state index in [0.29, 0.717) is 0 Å². The van der Waals surface area contributed by atoms with Gasteiger partial charge in [0.15, 0.2) is 0 Å². The third-order valence-electron chi connectivity index (χ3n) is 11.3. The quantitative estimate of drug-likeness (QED) is 0.0903. The van der Waals surface area contributed by atoms with Crippen molar-refractivity contribution in [2.75, 3.05) is 0 Å². The number of benzene rings is 7. The van der Waals surface area contributed by atoms with Crippen molar-refractivity contribution >= 4 is 86.0 Å². The maximum absolute atomic E-state index is 5.41. The van der Waals surface area contributed by atoms with Crippen LogP contribution in [0.5, 0.6) is 0 Å². The van der Waals surface area contributed by atoms with E-state index in [1.807, 2.05) is 146 Å². The zero-order valence-electron chi connectivity index (χ0n) is 39.7. The maximum atomic E-state index is 5.41. The molecule has 12 heteroatoms. The van der Waals surface area contributed by atoms with E-state index in [1.165, 1.54) is 0 Å². The van der Waals surface area contributed by atoms with Gasteiger partial charge in [-0.1, -0.05) is 170 Å². The first kappa shape index (κ1) is 53.5. The molecule has 0 spiro atoms. The summed E-state index contributed by atoms with van der Waals surface area (Å²) in [4.78, 5) is 31.8. The molecular weight excluding hydrogens is 1060 g/mol. The number of hydrogen-bond acceptors (Lipinski definition) is 6. The van der Waals surface area contributed by atoms with Crippen molar-refractivity contribution in [2.24, 2.45) is 20.0 Å². The minimum atomic E-state index is 0.194. The fraction of sp³-hybridized carbons (Fsp3) is 0.0667. The van der Waals surface area contributed by atoms with Crippen molar-refractivity contribution < 1.29 is 26.3 Å². The second kappa shape index (κ2) is 27.5. The second-order valence-electron chi connectivity index (χ2n) is 16.2. The average Bonchev–Trinajstić information content (AvgIpc) is 3.41. The summed E-state index contributed by atoms with van der Waals surface area (Å²) in [6.07, 6.45) is 0. The first-order valence-corrected chi connectivity index (χ1v) is 28.7. The van der Waals surface area contributed by atoms with Crippen LogP contribution < -0.4 is 0 Å². The monoisotopic (exact) mass is 1100 g/mol. The summed E-state index contributed by atoms with van der Waals surface area (Å²) in [6, 6.07) is 73.7. The predicted octanol–water partition coefficient (Wildman–Crippen LogP) is 17.1. The van der Waals surface area contributed by atoms with Crippen molar-refractivity contribution in [1.82, 2.24) is 9.97 Å². The van der Waals surface area contributed by atoms with Gasteiger partial charge in [0.05, 0.1) is 68.4 Å². The summed E-state index contributed by atoms with van der Waals surface area (Å²) in [7, 11) is 19.1. The van der Waals surface area contributed by atoms with Gasteiger partial charge in [-0.3, -0.25) is 0 Å². The molecule has 72 heavy (non-hydrogen) atoms. The van der Waals surface area contributed by atoms with Crippen molar-refractivity contribution in [3.8, 4) is 0 Å². The summed E-state index contributed by atoms with van der Waals surface area (Å²) in [6.45, 7) is 8.33. The van der Waals surface area contributed by atoms with Gasteiger partial charge in [-0.05, 0) is 98.5 Å². The van der Waals surface area contributed by atoms with Gasteiger partial charge in [-0.15, -0.1) is 0 Å². The number of para-hydroxylation sites is 2. The van der Waals surface area contributed by atoms with Crippen LogP contribution in [0.2, 0.25) is 0 Å². The molecule has 2 heterocycles. The third-order valence-corrected chi connectivity index (χ3v) is 11.3. The Bertz CT molecular complexity index is 3110. The Morgan fingerprint density at radius 1 is 0.292 bits per heavy atom. The summed E-state index contributed by atoms with van der Waals surface area (Å²) < 4.78 is 0. The predicted molar refractivity (Wildman–Crippen MR) is 297 cm³/mol. The van der Waals surface area contributed by atoms with Crippen LogP contribution >= 0.6 is 40.4 Å². The van der Waals surface area contributed by atoms with Crippen LogP contribution in [0.25, 0.3) is 0 Å². The van der Waals surface area contributed by atoms with Crippen molar-refractivity contribution in [2.45, 2.75) is 27.7 Å². The topological polar surface area (TPSA) is 75.2 Å². The second-order valence-corrected chi connectivity index (χ2v) is 19.9. The molecular formula is C60H48Cl4Fe2N6. The number of rotatable bonds is 12. The van der Waals surface area contributed by atoms with E-state index >= 15 is 0 Å². The zero-order chi connectivity index (χ0) is 50.7. The Kier molecular flexibility index (Phi) is 20.5. The number of pyridine rings is 2. The SMILES string of the molecule is Cc1ccccc1N=C(c1ccccc1)c1cccc(C(=Nc2cc(C)c(N=C(c3ccccc3)c3cccc(C(=Nc4ccccc4C)c4ccccc4)n3)cc2C)c2ccccc2)n1.[Cl][Fe][Cl].[Cl][Fe][Cl]. The van der Waals surface area contributed by atoms with Crippen LogP contribution in [-0.2, 0) is 26.3 Å². The number of hydrogen-bond donors (Lipinski definition) is 0. The molecule has 0 atom stereocenters. The number of nitrogens with zero attached hydrogens (tertiary/aromatic N) is 6. The van der Waals surface area contributed by atoms with Gasteiger partial charge in [0, 0.05) is 22.3 Å². The molecule has 0 saturated carbocycles. The van der Waals surface area contributed by atoms with Gasteiger partial charge < -0.3 is 0 Å². The van der Waals surface area contributed by atoms with Gasteiger partial charge in [0.1, 0.15) is 0 Å². The fourth-order valence-electron chi connectivity index (χ4n) is 7.75. The van der Waals surface area contributed by atoms with Gasteiger partial charge in [0.2, 0.25) is 0 Å². The van der Waals surface area contributed by atoms with E-state index in [9.17, 15) is 0 Å². The molecule has 0 aliphatic rings. The van der Waals surface area contributed by atoms with Gasteiger partial charge in [0.25, 0.3) is 0 Å². The molecule has 0 aliphatic carbocycles. The van der Waals surface area contributed by atoms with Gasteiger partial charge >= 0.3 is 66.7 Å². The summed E-state index contributed by atoms with van der Waals surface area (Å²) in [5, 5.41) is 0. The van der Waals surface area contributed by atoms with Crippen LogP contribution in [-0.4, -0.2) is 32.8 Å². The minimum absolute atomic E-state index is 0.194. The average molecular weight is 1110 g/mol. The fourth-order valence-corrected chi connectivity index (χ4v) is 7.75. The summed E-state index contributed by atoms with van der Waals surface area (Å²) >= 11 is 0.389. The van der Waals surface area contributed by atoms with E-state index in [4.69, 9.17) is 70.3 Å². The Morgan fingerprint density at radius 2 is 0.528 bits per heavy atom. The molecule has 7 aromatic carbocycles. The summed E-state index contributed by atoms with van der Waals surface area (Å²) in [5.41, 5.74) is 17.5. The van der Waals surface area contributed by atoms with Crippen LogP contribution in [0.4, 0.5) is 22.7 Å². The van der Waals surface area contributed by atoms with Crippen LogP contribution in [0.3, 0.4) is 0 Å². The van der Waals surface area contributed by atoms with E-state index < -0.39 is 0 Å². The van der Waals surface area contributed by atoms with Gasteiger partial charge in [-0.25, -0.2) is 29.9 Å². The Hall–Kier alpha value is -6.28. The normalized spacial score (nSPS) is 11.9. The molecule has 0 amide bonds. The van der Waals surface area contributed by atoms with Crippen LogP contribution in [0.1, 0.15) is 67.3 Å². The van der Waals surface area contributed by atoms with E-state index in [1.54, 1.807) is 0 Å². The first-order valence-electron chi connectivity index (χ1n) is 22.7. The summed E-state index contributed by atoms with van der Waals surface area (Å²) in [5.74, 6) is 0. The zero-order valence-corrected chi connectivity index (χ0v) is 44.9. The standard InChI is InChI=1S/C60H48N6.4ClH.2Fe/c1-41-23-17-19-33-49(41)63-57(45-25-9-5-10-26-45)51-35-21-37-53(61-51)59(47-29-13-7-14-30-47)65-55-39-44(4)56(40-43(55)3)66-60(48-31-15-8-16-32-48)54-38-22-36-52(62-54)58(46-27-11-6-12-28-46)64-50-34-20-18-24-42(50)2;;;;;;/h5-40H,1-4H3;4*1H;;/q;;;;;2*+2/p-4. The van der Waals surface area contributed by atoms with Crippen molar-refractivity contribution in [3.63, 3.8) is 0 Å². The number of aliphatic imine (C=N–C) groups is 4. The Morgan fingerprint density at radius 3 is 0.792 bits per heavy atom. The van der Waals surface area contributed by atoms with E-state index in [2.05, 4.69) is 100 Å². The molecule has 0 fully saturated rings. The van der Waals surface area contributed by atoms with Crippen molar-refractivity contribution in [3.05, 3.63) is 286 Å². The van der Waals surface area contributed by atoms with Crippen LogP contribution in [0, 0.1) is 27.7 Å². The molecule has 9 rings (SSSR count). The third kappa shape index (κ3) is 14.4. The Labute approximate surface area is 452 Å². The molecule has 362 valence electrons. The molecule has 0 bridgehead atoms. The molecule has 6 nitrogen and oxygen atoms in total. The number of halogens is 4. The molecule has 0 N–H and O–H groups in total. The number of aryl methyl sites for hydroxylation is 4. The molecule has 0 aliphatic heterocycles. The Balaban J connectivity index is 0.00000121. The first-order chi connectivity index (χ1) is 35.2. The molecule has 0 saturated heterocycles. The number of aromatic nitrogens is 2. The molecule has 0 unspecified atom stereocenters. The molecule has 0 radical (unpaired) electrons. The van der Waals surface area contributed by atoms with Gasteiger partial charge in [-0.2, -0.15) is 0 Å². The molecule has 2 aromatic heterocycles. The van der Waals surface area contributed by atoms with Crippen molar-refractivity contribution in [1.29, 1.82) is 0 Å². The van der Waals surface area contributed by atoms with Crippen LogP contribution in [0.15, 0.2) is 238 Å². The molecule has 9 aromatic rings. The van der Waals surface area contributed by atoms with E-state index in [-0.39, 0.29) is 26.3 Å².